The lowest BCUT2D eigenvalue weighted by atomic mass is 9.98. The minimum absolute atomic E-state index is 0. The van der Waals surface area contributed by atoms with Crippen LogP contribution in [-0.2, 0) is 17.8 Å². The van der Waals surface area contributed by atoms with Crippen molar-refractivity contribution in [2.75, 3.05) is 6.54 Å². The highest BCUT2D eigenvalue weighted by Gasteiger charge is 2.38. The van der Waals surface area contributed by atoms with E-state index in [1.165, 1.54) is 12.8 Å². The van der Waals surface area contributed by atoms with Crippen LogP contribution >= 0.6 is 24.8 Å². The molecule has 1 aliphatic carbocycles. The second-order valence-corrected chi connectivity index (χ2v) is 8.17. The molecule has 0 saturated heterocycles. The standard InChI is InChI=1S/C20H28N6O.2ClH/c1-13(2)11-17-19-23-18(15-3-4-15)24-26(19)10-9-25(17)20(27)16(21)12-14-5-7-22-8-6-14;;/h5-8,13,15-17H,3-4,9-12,21H2,1-2H3;2*1H/t16-,17-;;/m0../s1. The Morgan fingerprint density at radius 1 is 1.21 bits per heavy atom. The molecule has 0 unspecified atom stereocenters. The Morgan fingerprint density at radius 3 is 2.52 bits per heavy atom. The molecule has 2 atom stereocenters. The highest BCUT2D eigenvalue weighted by Crippen LogP contribution is 2.40. The molecule has 2 N–H and O–H groups in total. The summed E-state index contributed by atoms with van der Waals surface area (Å²) in [6, 6.07) is 3.22. The molecule has 0 spiro atoms. The number of hydrogen-bond acceptors (Lipinski definition) is 5. The molecular weight excluding hydrogens is 411 g/mol. The molecule has 0 radical (unpaired) electrons. The zero-order chi connectivity index (χ0) is 19.0. The Balaban J connectivity index is 0.00000150. The molecule has 29 heavy (non-hydrogen) atoms. The molecule has 160 valence electrons. The van der Waals surface area contributed by atoms with Gasteiger partial charge in [-0.2, -0.15) is 5.10 Å². The summed E-state index contributed by atoms with van der Waals surface area (Å²) in [5.41, 5.74) is 7.33. The van der Waals surface area contributed by atoms with Gasteiger partial charge < -0.3 is 10.6 Å². The van der Waals surface area contributed by atoms with Gasteiger partial charge in [-0.3, -0.25) is 9.78 Å². The van der Waals surface area contributed by atoms with Gasteiger partial charge in [0, 0.05) is 24.9 Å². The van der Waals surface area contributed by atoms with E-state index in [0.29, 0.717) is 31.3 Å². The van der Waals surface area contributed by atoms with E-state index >= 15 is 0 Å². The molecule has 2 aromatic heterocycles. The first-order chi connectivity index (χ1) is 13.0. The highest BCUT2D eigenvalue weighted by atomic mass is 35.5. The van der Waals surface area contributed by atoms with E-state index < -0.39 is 6.04 Å². The number of halogens is 2. The fourth-order valence-corrected chi connectivity index (χ4v) is 3.81. The largest absolute Gasteiger partial charge is 0.329 e. The second kappa shape index (κ2) is 9.87. The molecule has 2 aromatic rings. The molecule has 7 nitrogen and oxygen atoms in total. The van der Waals surface area contributed by atoms with Gasteiger partial charge in [0.1, 0.15) is 5.82 Å². The Bertz CT molecular complexity index is 809. The van der Waals surface area contributed by atoms with Gasteiger partial charge >= 0.3 is 0 Å². The second-order valence-electron chi connectivity index (χ2n) is 8.17. The summed E-state index contributed by atoms with van der Waals surface area (Å²) >= 11 is 0. The number of aromatic nitrogens is 4. The van der Waals surface area contributed by atoms with Crippen molar-refractivity contribution in [3.05, 3.63) is 41.7 Å². The summed E-state index contributed by atoms with van der Waals surface area (Å²) in [5, 5.41) is 4.71. The van der Waals surface area contributed by atoms with Crippen molar-refractivity contribution in [3.63, 3.8) is 0 Å². The van der Waals surface area contributed by atoms with Gasteiger partial charge in [-0.25, -0.2) is 9.67 Å². The van der Waals surface area contributed by atoms with Crippen molar-refractivity contribution in [2.45, 2.75) is 64.1 Å². The van der Waals surface area contributed by atoms with Crippen molar-refractivity contribution < 1.29 is 4.79 Å². The topological polar surface area (TPSA) is 89.9 Å². The fraction of sp³-hybridized carbons (Fsp3) is 0.600. The summed E-state index contributed by atoms with van der Waals surface area (Å²) in [7, 11) is 0. The monoisotopic (exact) mass is 440 g/mol. The van der Waals surface area contributed by atoms with Gasteiger partial charge in [-0.15, -0.1) is 24.8 Å². The zero-order valence-electron chi connectivity index (χ0n) is 16.9. The molecule has 0 bridgehead atoms. The van der Waals surface area contributed by atoms with E-state index in [4.69, 9.17) is 15.8 Å². The summed E-state index contributed by atoms with van der Waals surface area (Å²) in [6.45, 7) is 5.69. The van der Waals surface area contributed by atoms with Gasteiger partial charge in [-0.1, -0.05) is 13.8 Å². The Kier molecular flexibility index (Phi) is 8.02. The summed E-state index contributed by atoms with van der Waals surface area (Å²) in [4.78, 5) is 24.0. The van der Waals surface area contributed by atoms with Crippen LogP contribution in [0, 0.1) is 5.92 Å². The van der Waals surface area contributed by atoms with Gasteiger partial charge in [0.15, 0.2) is 5.82 Å². The number of amides is 1. The van der Waals surface area contributed by atoms with Crippen molar-refractivity contribution in [1.82, 2.24) is 24.6 Å². The molecule has 4 rings (SSSR count). The lowest BCUT2D eigenvalue weighted by Gasteiger charge is -2.37. The number of rotatable bonds is 6. The Hall–Kier alpha value is -1.70. The van der Waals surface area contributed by atoms with Crippen LogP contribution in [0.4, 0.5) is 0 Å². The SMILES string of the molecule is CC(C)C[C@H]1c2nc(C3CC3)nn2CCN1C(=O)[C@@H](N)Cc1ccncc1.Cl.Cl. The first-order valence-electron chi connectivity index (χ1n) is 9.92. The predicted octanol–water partition coefficient (Wildman–Crippen LogP) is 2.89. The van der Waals surface area contributed by atoms with E-state index in [1.807, 2.05) is 21.7 Å². The lowest BCUT2D eigenvalue weighted by molar-refractivity contribution is -0.136. The van der Waals surface area contributed by atoms with Crippen LogP contribution in [0.5, 0.6) is 0 Å². The van der Waals surface area contributed by atoms with Gasteiger partial charge in [0.2, 0.25) is 5.91 Å². The van der Waals surface area contributed by atoms with E-state index in [1.54, 1.807) is 12.4 Å². The Labute approximate surface area is 184 Å². The van der Waals surface area contributed by atoms with Crippen molar-refractivity contribution in [2.24, 2.45) is 11.7 Å². The number of hydrogen-bond donors (Lipinski definition) is 1. The highest BCUT2D eigenvalue weighted by molar-refractivity contribution is 5.85. The molecule has 3 heterocycles. The molecule has 9 heteroatoms. The van der Waals surface area contributed by atoms with Gasteiger partial charge in [-0.05, 0) is 49.3 Å². The molecule has 2 aliphatic rings. The minimum atomic E-state index is -0.556. The van der Waals surface area contributed by atoms with Crippen molar-refractivity contribution >= 4 is 30.7 Å². The third-order valence-corrected chi connectivity index (χ3v) is 5.39. The quantitative estimate of drug-likeness (QED) is 0.745. The molecule has 1 fully saturated rings. The lowest BCUT2D eigenvalue weighted by Crippen LogP contribution is -2.50. The molecule has 1 saturated carbocycles. The Morgan fingerprint density at radius 2 is 1.90 bits per heavy atom. The maximum absolute atomic E-state index is 13.2. The van der Waals surface area contributed by atoms with Crippen LogP contribution in [0.15, 0.2) is 24.5 Å². The summed E-state index contributed by atoms with van der Waals surface area (Å²) in [6.07, 6.45) is 7.21. The zero-order valence-corrected chi connectivity index (χ0v) is 18.5. The summed E-state index contributed by atoms with van der Waals surface area (Å²) in [5.74, 6) is 2.85. The van der Waals surface area contributed by atoms with Crippen LogP contribution in [0.25, 0.3) is 0 Å². The molecule has 1 amide bonds. The van der Waals surface area contributed by atoms with E-state index in [9.17, 15) is 4.79 Å². The fourth-order valence-electron chi connectivity index (χ4n) is 3.81. The van der Waals surface area contributed by atoms with E-state index in [2.05, 4.69) is 18.8 Å². The molecular formula is C20H30Cl2N6O. The average molecular weight is 441 g/mol. The van der Waals surface area contributed by atoms with Crippen molar-refractivity contribution in [1.29, 1.82) is 0 Å². The van der Waals surface area contributed by atoms with Crippen molar-refractivity contribution in [3.8, 4) is 0 Å². The number of nitrogens with zero attached hydrogens (tertiary/aromatic N) is 5. The predicted molar refractivity (Wildman–Crippen MR) is 116 cm³/mol. The number of pyridine rings is 1. The van der Waals surface area contributed by atoms with Crippen LogP contribution in [-0.4, -0.2) is 43.1 Å². The van der Waals surface area contributed by atoms with Crippen LogP contribution < -0.4 is 5.73 Å². The van der Waals surface area contributed by atoms with Crippen LogP contribution in [0.3, 0.4) is 0 Å². The van der Waals surface area contributed by atoms with Crippen LogP contribution in [0.2, 0.25) is 0 Å². The van der Waals surface area contributed by atoms with Gasteiger partial charge in [0.25, 0.3) is 0 Å². The normalized spacial score (nSPS) is 19.2. The number of carbonyl (C=O) groups excluding carboxylic acids is 1. The maximum Gasteiger partial charge on any atom is 0.240 e. The molecule has 0 aromatic carbocycles. The summed E-state index contributed by atoms with van der Waals surface area (Å²) < 4.78 is 2.01. The van der Waals surface area contributed by atoms with E-state index in [-0.39, 0.29) is 36.8 Å². The number of carbonyl (C=O) groups is 1. The smallest absolute Gasteiger partial charge is 0.240 e. The third kappa shape index (κ3) is 5.27. The van der Waals surface area contributed by atoms with E-state index in [0.717, 1.165) is 23.6 Å². The van der Waals surface area contributed by atoms with Crippen LogP contribution in [0.1, 0.15) is 62.3 Å². The first kappa shape index (κ1) is 23.6. The number of nitrogens with two attached hydrogens (primary N) is 1. The molecule has 1 aliphatic heterocycles. The average Bonchev–Trinajstić information content (AvgIpc) is 3.41. The third-order valence-electron chi connectivity index (χ3n) is 5.39. The maximum atomic E-state index is 13.2. The first-order valence-corrected chi connectivity index (χ1v) is 9.92. The van der Waals surface area contributed by atoms with Gasteiger partial charge in [0.05, 0.1) is 18.6 Å². The number of fused-ring (bicyclic) bond motifs is 1. The minimum Gasteiger partial charge on any atom is -0.329 e.